The van der Waals surface area contributed by atoms with Crippen LogP contribution in [0.15, 0.2) is 29.2 Å². The lowest BCUT2D eigenvalue weighted by molar-refractivity contribution is -0.134. The number of aryl methyl sites for hydroxylation is 1. The Morgan fingerprint density at radius 2 is 2.22 bits per heavy atom. The molecule has 2 heterocycles. The Bertz CT molecular complexity index is 467. The highest BCUT2D eigenvalue weighted by Gasteiger charge is 2.22. The van der Waals surface area contributed by atoms with Crippen molar-refractivity contribution in [1.29, 1.82) is 0 Å². The molecular formula is C14H20N2O2. The predicted molar refractivity (Wildman–Crippen MR) is 70.3 cm³/mol. The second kappa shape index (κ2) is 5.85. The van der Waals surface area contributed by atoms with E-state index in [4.69, 9.17) is 0 Å². The molecule has 4 heteroatoms. The summed E-state index contributed by atoms with van der Waals surface area (Å²) >= 11 is 0. The molecule has 1 amide bonds. The molecule has 1 aliphatic heterocycles. The first-order valence-corrected chi connectivity index (χ1v) is 6.63. The van der Waals surface area contributed by atoms with Crippen molar-refractivity contribution in [3.63, 3.8) is 0 Å². The van der Waals surface area contributed by atoms with Gasteiger partial charge < -0.3 is 9.47 Å². The van der Waals surface area contributed by atoms with E-state index in [-0.39, 0.29) is 11.5 Å². The molecule has 1 aliphatic rings. The number of carbonyl (C=O) groups excluding carboxylic acids is 1. The number of aromatic nitrogens is 1. The van der Waals surface area contributed by atoms with Gasteiger partial charge in [-0.05, 0) is 32.3 Å². The van der Waals surface area contributed by atoms with Crippen LogP contribution in [0.2, 0.25) is 0 Å². The summed E-state index contributed by atoms with van der Waals surface area (Å²) < 4.78 is 1.59. The summed E-state index contributed by atoms with van der Waals surface area (Å²) in [6.07, 6.45) is 5.55. The van der Waals surface area contributed by atoms with Gasteiger partial charge in [0.15, 0.2) is 0 Å². The maximum Gasteiger partial charge on any atom is 0.250 e. The van der Waals surface area contributed by atoms with Crippen LogP contribution in [0.4, 0.5) is 0 Å². The van der Waals surface area contributed by atoms with Crippen molar-refractivity contribution in [2.45, 2.75) is 45.2 Å². The minimum absolute atomic E-state index is 0.0445. The van der Waals surface area contributed by atoms with E-state index in [0.29, 0.717) is 19.0 Å². The average Bonchev–Trinajstić information content (AvgIpc) is 2.38. The molecule has 1 fully saturated rings. The summed E-state index contributed by atoms with van der Waals surface area (Å²) in [5.41, 5.74) is -0.0445. The van der Waals surface area contributed by atoms with Crippen LogP contribution < -0.4 is 5.56 Å². The summed E-state index contributed by atoms with van der Waals surface area (Å²) in [6, 6.07) is 5.40. The number of carbonyl (C=O) groups is 1. The summed E-state index contributed by atoms with van der Waals surface area (Å²) in [5.74, 6) is 0.165. The lowest BCUT2D eigenvalue weighted by Gasteiger charge is -2.33. The van der Waals surface area contributed by atoms with Gasteiger partial charge in [-0.2, -0.15) is 0 Å². The quantitative estimate of drug-likeness (QED) is 0.816. The van der Waals surface area contributed by atoms with Crippen LogP contribution in [0.5, 0.6) is 0 Å². The third-order valence-electron chi connectivity index (χ3n) is 3.59. The molecule has 1 saturated heterocycles. The molecule has 1 aromatic rings. The van der Waals surface area contributed by atoms with Gasteiger partial charge in [-0.3, -0.25) is 9.59 Å². The van der Waals surface area contributed by atoms with Crippen molar-refractivity contribution in [3.8, 4) is 0 Å². The van der Waals surface area contributed by atoms with Crippen LogP contribution in [0.1, 0.15) is 32.6 Å². The zero-order valence-electron chi connectivity index (χ0n) is 10.8. The van der Waals surface area contributed by atoms with Crippen molar-refractivity contribution in [2.24, 2.45) is 0 Å². The van der Waals surface area contributed by atoms with E-state index in [1.807, 2.05) is 11.0 Å². The number of likely N-dealkylation sites (tertiary alicyclic amines) is 1. The largest absolute Gasteiger partial charge is 0.340 e. The molecule has 0 aliphatic carbocycles. The first-order valence-electron chi connectivity index (χ1n) is 6.63. The third-order valence-corrected chi connectivity index (χ3v) is 3.59. The van der Waals surface area contributed by atoms with E-state index in [2.05, 4.69) is 6.92 Å². The number of nitrogens with zero attached hydrogens (tertiary/aromatic N) is 2. The number of pyridine rings is 1. The number of amides is 1. The van der Waals surface area contributed by atoms with E-state index in [1.54, 1.807) is 16.8 Å². The molecule has 0 aromatic carbocycles. The summed E-state index contributed by atoms with van der Waals surface area (Å²) in [5, 5.41) is 0. The maximum atomic E-state index is 12.1. The highest BCUT2D eigenvalue weighted by molar-refractivity contribution is 5.76. The van der Waals surface area contributed by atoms with Gasteiger partial charge in [-0.15, -0.1) is 0 Å². The normalized spacial score (nSPS) is 19.8. The fourth-order valence-electron chi connectivity index (χ4n) is 2.47. The average molecular weight is 248 g/mol. The molecule has 1 unspecified atom stereocenters. The minimum Gasteiger partial charge on any atom is -0.340 e. The molecule has 18 heavy (non-hydrogen) atoms. The molecule has 1 aromatic heterocycles. The fraction of sp³-hybridized carbons (Fsp3) is 0.571. The molecule has 0 spiro atoms. The van der Waals surface area contributed by atoms with E-state index < -0.39 is 0 Å². The van der Waals surface area contributed by atoms with Crippen LogP contribution >= 0.6 is 0 Å². The predicted octanol–water partition coefficient (Wildman–Crippen LogP) is 1.64. The summed E-state index contributed by atoms with van der Waals surface area (Å²) in [6.45, 7) is 3.44. The number of rotatable bonds is 3. The van der Waals surface area contributed by atoms with Gasteiger partial charge in [0.25, 0.3) is 5.56 Å². The van der Waals surface area contributed by atoms with Gasteiger partial charge in [0.2, 0.25) is 5.91 Å². The standard InChI is InChI=1S/C14H20N2O2/c1-12-6-2-5-10-16(12)14(18)8-11-15-9-4-3-7-13(15)17/h3-4,7,9,12H,2,5-6,8,10-11H2,1H3. The van der Waals surface area contributed by atoms with E-state index in [0.717, 1.165) is 19.4 Å². The Labute approximate surface area is 107 Å². The number of hydrogen-bond acceptors (Lipinski definition) is 2. The molecule has 0 bridgehead atoms. The molecule has 0 N–H and O–H groups in total. The second-order valence-electron chi connectivity index (χ2n) is 4.91. The summed E-state index contributed by atoms with van der Waals surface area (Å²) in [4.78, 5) is 25.6. The Balaban J connectivity index is 1.92. The minimum atomic E-state index is -0.0445. The molecule has 98 valence electrons. The number of hydrogen-bond donors (Lipinski definition) is 0. The number of piperidine rings is 1. The van der Waals surface area contributed by atoms with Crippen LogP contribution in [0.3, 0.4) is 0 Å². The van der Waals surface area contributed by atoms with Crippen LogP contribution in [-0.4, -0.2) is 28.0 Å². The van der Waals surface area contributed by atoms with Crippen LogP contribution in [0, 0.1) is 0 Å². The van der Waals surface area contributed by atoms with Gasteiger partial charge in [0.1, 0.15) is 0 Å². The van der Waals surface area contributed by atoms with Gasteiger partial charge in [-0.25, -0.2) is 0 Å². The molecular weight excluding hydrogens is 228 g/mol. The van der Waals surface area contributed by atoms with Crippen LogP contribution in [0.25, 0.3) is 0 Å². The Morgan fingerprint density at radius 1 is 1.39 bits per heavy atom. The van der Waals surface area contributed by atoms with Crippen molar-refractivity contribution in [1.82, 2.24) is 9.47 Å². The monoisotopic (exact) mass is 248 g/mol. The molecule has 0 radical (unpaired) electrons. The maximum absolute atomic E-state index is 12.1. The zero-order valence-corrected chi connectivity index (χ0v) is 10.8. The Hall–Kier alpha value is -1.58. The lowest BCUT2D eigenvalue weighted by Crippen LogP contribution is -2.42. The van der Waals surface area contributed by atoms with Crippen LogP contribution in [-0.2, 0) is 11.3 Å². The van der Waals surface area contributed by atoms with E-state index in [1.165, 1.54) is 12.5 Å². The van der Waals surface area contributed by atoms with Gasteiger partial charge >= 0.3 is 0 Å². The third kappa shape index (κ3) is 3.00. The first-order chi connectivity index (χ1) is 8.68. The van der Waals surface area contributed by atoms with Crippen molar-refractivity contribution < 1.29 is 4.79 Å². The van der Waals surface area contributed by atoms with Gasteiger partial charge in [0.05, 0.1) is 0 Å². The Morgan fingerprint density at radius 3 is 2.94 bits per heavy atom. The van der Waals surface area contributed by atoms with Gasteiger partial charge in [0, 0.05) is 37.8 Å². The molecule has 1 atom stereocenters. The highest BCUT2D eigenvalue weighted by Crippen LogP contribution is 2.17. The smallest absolute Gasteiger partial charge is 0.250 e. The second-order valence-corrected chi connectivity index (χ2v) is 4.91. The summed E-state index contributed by atoms with van der Waals surface area (Å²) in [7, 11) is 0. The fourth-order valence-corrected chi connectivity index (χ4v) is 2.47. The lowest BCUT2D eigenvalue weighted by atomic mass is 10.0. The van der Waals surface area contributed by atoms with Crippen molar-refractivity contribution >= 4 is 5.91 Å². The van der Waals surface area contributed by atoms with E-state index in [9.17, 15) is 9.59 Å². The van der Waals surface area contributed by atoms with Crippen molar-refractivity contribution in [2.75, 3.05) is 6.54 Å². The first kappa shape index (κ1) is 12.9. The molecule has 4 nitrogen and oxygen atoms in total. The molecule has 0 saturated carbocycles. The van der Waals surface area contributed by atoms with Crippen molar-refractivity contribution in [3.05, 3.63) is 34.7 Å². The topological polar surface area (TPSA) is 42.3 Å². The SMILES string of the molecule is CC1CCCCN1C(=O)CCn1ccccc1=O. The zero-order chi connectivity index (χ0) is 13.0. The van der Waals surface area contributed by atoms with E-state index >= 15 is 0 Å². The highest BCUT2D eigenvalue weighted by atomic mass is 16.2. The molecule has 2 rings (SSSR count). The Kier molecular flexibility index (Phi) is 4.18. The van der Waals surface area contributed by atoms with Gasteiger partial charge in [-0.1, -0.05) is 6.07 Å².